The molecule has 2 aromatic carbocycles. The molecule has 42 heavy (non-hydrogen) atoms. The summed E-state index contributed by atoms with van der Waals surface area (Å²) in [7, 11) is 3.33. The molecule has 0 spiro atoms. The Morgan fingerprint density at radius 1 is 1.05 bits per heavy atom. The van der Waals surface area contributed by atoms with E-state index >= 15 is 0 Å². The first-order valence-corrected chi connectivity index (χ1v) is 12.6. The van der Waals surface area contributed by atoms with Gasteiger partial charge in [-0.05, 0) is 57.5 Å². The minimum Gasteiger partial charge on any atom is -0.496 e. The van der Waals surface area contributed by atoms with Crippen molar-refractivity contribution in [3.8, 4) is 22.9 Å². The van der Waals surface area contributed by atoms with E-state index in [4.69, 9.17) is 9.47 Å². The fourth-order valence-corrected chi connectivity index (χ4v) is 3.86. The lowest BCUT2D eigenvalue weighted by Gasteiger charge is -2.25. The molecule has 1 amide bonds. The summed E-state index contributed by atoms with van der Waals surface area (Å²) >= 11 is 0. The Morgan fingerprint density at radius 3 is 2.40 bits per heavy atom. The molecule has 0 aliphatic rings. The van der Waals surface area contributed by atoms with Crippen LogP contribution in [-0.4, -0.2) is 56.7 Å². The number of aryl methyl sites for hydroxylation is 2. The molecule has 11 nitrogen and oxygen atoms in total. The fraction of sp³-hybridized carbons (Fsp3) is 0.321. The van der Waals surface area contributed by atoms with E-state index in [0.29, 0.717) is 33.9 Å². The van der Waals surface area contributed by atoms with Crippen molar-refractivity contribution in [2.24, 2.45) is 7.05 Å². The number of nitrogens with one attached hydrogen (secondary N) is 2. The van der Waals surface area contributed by atoms with Gasteiger partial charge in [0, 0.05) is 35.8 Å². The van der Waals surface area contributed by atoms with Crippen LogP contribution < -0.4 is 20.1 Å². The maximum absolute atomic E-state index is 12.9. The summed E-state index contributed by atoms with van der Waals surface area (Å²) in [6.45, 7) is 6.70. The second-order valence-corrected chi connectivity index (χ2v) is 10.4. The van der Waals surface area contributed by atoms with E-state index in [2.05, 4.69) is 30.4 Å². The van der Waals surface area contributed by atoms with Crippen molar-refractivity contribution in [1.82, 2.24) is 25.1 Å². The number of carbonyl (C=O) groups is 2. The molecule has 0 aliphatic carbocycles. The molecule has 0 aliphatic heterocycles. The number of halogens is 3. The summed E-state index contributed by atoms with van der Waals surface area (Å²) < 4.78 is 55.8. The van der Waals surface area contributed by atoms with Crippen molar-refractivity contribution in [2.45, 2.75) is 45.7 Å². The Labute approximate surface area is 239 Å². The first-order valence-electron chi connectivity index (χ1n) is 12.6. The van der Waals surface area contributed by atoms with Gasteiger partial charge in [0.15, 0.2) is 11.6 Å². The minimum atomic E-state index is -5.33. The molecule has 2 heterocycles. The average Bonchev–Trinajstić information content (AvgIpc) is 3.30. The van der Waals surface area contributed by atoms with Crippen LogP contribution in [0.25, 0.3) is 22.3 Å². The fourth-order valence-electron chi connectivity index (χ4n) is 3.86. The molecule has 0 radical (unpaired) electrons. The zero-order chi connectivity index (χ0) is 30.8. The van der Waals surface area contributed by atoms with Crippen molar-refractivity contribution in [3.05, 3.63) is 54.2 Å². The van der Waals surface area contributed by atoms with Gasteiger partial charge in [0.25, 0.3) is 0 Å². The van der Waals surface area contributed by atoms with Gasteiger partial charge in [-0.25, -0.2) is 14.8 Å². The molecular weight excluding hydrogens is 557 g/mol. The van der Waals surface area contributed by atoms with Crippen molar-refractivity contribution in [2.75, 3.05) is 12.4 Å². The van der Waals surface area contributed by atoms with Gasteiger partial charge < -0.3 is 24.8 Å². The number of benzene rings is 2. The first kappa shape index (κ1) is 30.1. The quantitative estimate of drug-likeness (QED) is 0.221. The van der Waals surface area contributed by atoms with Gasteiger partial charge in [-0.1, -0.05) is 12.1 Å². The molecule has 0 saturated carbocycles. The van der Waals surface area contributed by atoms with Crippen molar-refractivity contribution in [3.63, 3.8) is 0 Å². The number of alkyl halides is 3. The lowest BCUT2D eigenvalue weighted by Crippen LogP contribution is -2.50. The number of carbonyl (C=O) groups excluding carboxylic acids is 2. The molecule has 222 valence electrons. The number of hydrogen-bond acceptors (Lipinski definition) is 9. The number of esters is 1. The third kappa shape index (κ3) is 7.25. The number of aromatic nitrogens is 4. The summed E-state index contributed by atoms with van der Waals surface area (Å²) in [6, 6.07) is 11.4. The van der Waals surface area contributed by atoms with E-state index < -0.39 is 29.9 Å². The molecular formula is C28H29F3N6O5. The van der Waals surface area contributed by atoms with Gasteiger partial charge in [-0.3, -0.25) is 9.48 Å². The van der Waals surface area contributed by atoms with Crippen LogP contribution >= 0.6 is 0 Å². The first-order chi connectivity index (χ1) is 19.6. The summed E-state index contributed by atoms with van der Waals surface area (Å²) in [5.41, 5.74) is 0.963. The van der Waals surface area contributed by atoms with Crippen LogP contribution in [0.2, 0.25) is 0 Å². The highest BCUT2D eigenvalue weighted by atomic mass is 19.4. The normalized spacial score (nSPS) is 12.5. The lowest BCUT2D eigenvalue weighted by molar-refractivity contribution is -0.216. The van der Waals surface area contributed by atoms with Gasteiger partial charge in [0.05, 0.1) is 12.6 Å². The molecule has 2 N–H and O–H groups in total. The third-order valence-electron chi connectivity index (χ3n) is 5.67. The van der Waals surface area contributed by atoms with Gasteiger partial charge in [-0.2, -0.15) is 18.3 Å². The number of anilines is 2. The van der Waals surface area contributed by atoms with Crippen molar-refractivity contribution in [1.29, 1.82) is 0 Å². The number of fused-ring (bicyclic) bond motifs is 1. The monoisotopic (exact) mass is 586 g/mol. The zero-order valence-corrected chi connectivity index (χ0v) is 23.7. The molecule has 0 bridgehead atoms. The van der Waals surface area contributed by atoms with Gasteiger partial charge in [0.1, 0.15) is 17.3 Å². The molecule has 14 heteroatoms. The number of amides is 1. The van der Waals surface area contributed by atoms with E-state index in [9.17, 15) is 22.8 Å². The van der Waals surface area contributed by atoms with E-state index in [1.165, 1.54) is 18.2 Å². The highest BCUT2D eigenvalue weighted by Gasteiger charge is 2.44. The SMILES string of the molecule is COc1cc2c(Nc3ccn(C)n3)nc(-c3cccc(OC(OC(=O)C(F)(F)F)C(=O)NC(C)(C)C)c3)nc2cc1C. The molecule has 4 aromatic rings. The van der Waals surface area contributed by atoms with Crippen LogP contribution in [-0.2, 0) is 21.4 Å². The molecule has 2 aromatic heterocycles. The Balaban J connectivity index is 1.73. The van der Waals surface area contributed by atoms with Crippen LogP contribution in [0.15, 0.2) is 48.7 Å². The van der Waals surface area contributed by atoms with E-state index in [0.717, 1.165) is 5.56 Å². The largest absolute Gasteiger partial charge is 0.496 e. The van der Waals surface area contributed by atoms with Gasteiger partial charge in [0.2, 0.25) is 0 Å². The van der Waals surface area contributed by atoms with E-state index in [1.54, 1.807) is 64.0 Å². The average molecular weight is 587 g/mol. The Kier molecular flexibility index (Phi) is 8.27. The van der Waals surface area contributed by atoms with Gasteiger partial charge in [-0.15, -0.1) is 0 Å². The number of ether oxygens (including phenoxy) is 3. The van der Waals surface area contributed by atoms with Crippen LogP contribution in [0.3, 0.4) is 0 Å². The highest BCUT2D eigenvalue weighted by Crippen LogP contribution is 2.33. The minimum absolute atomic E-state index is 0.0645. The topological polar surface area (TPSA) is 129 Å². The third-order valence-corrected chi connectivity index (χ3v) is 5.67. The Morgan fingerprint density at radius 2 is 1.79 bits per heavy atom. The number of methoxy groups -OCH3 is 1. The molecule has 0 fully saturated rings. The predicted octanol–water partition coefficient (Wildman–Crippen LogP) is 4.82. The summed E-state index contributed by atoms with van der Waals surface area (Å²) in [5.74, 6) is -1.89. The lowest BCUT2D eigenvalue weighted by atomic mass is 10.1. The summed E-state index contributed by atoms with van der Waals surface area (Å²) in [4.78, 5) is 33.6. The maximum Gasteiger partial charge on any atom is 0.491 e. The van der Waals surface area contributed by atoms with Crippen LogP contribution in [0.1, 0.15) is 26.3 Å². The number of rotatable bonds is 8. The van der Waals surface area contributed by atoms with E-state index in [-0.39, 0.29) is 11.6 Å². The molecule has 1 atom stereocenters. The van der Waals surface area contributed by atoms with Crippen LogP contribution in [0, 0.1) is 6.92 Å². The van der Waals surface area contributed by atoms with E-state index in [1.807, 2.05) is 13.0 Å². The van der Waals surface area contributed by atoms with Crippen molar-refractivity contribution >= 4 is 34.4 Å². The second kappa shape index (κ2) is 11.5. The smallest absolute Gasteiger partial charge is 0.491 e. The second-order valence-electron chi connectivity index (χ2n) is 10.4. The maximum atomic E-state index is 12.9. The standard InChI is InChI=1S/C28H29F3N6O5/c1-15-12-19-18(14-20(15)40-6)23(33-21-10-11-37(5)36-21)34-22(32-19)16-8-7-9-17(13-16)41-25(24(38)35-27(2,3)4)42-26(39)28(29,30)31/h7-14,25H,1-6H3,(H,35,38)(H,32,33,34,36). The predicted molar refractivity (Wildman–Crippen MR) is 147 cm³/mol. The highest BCUT2D eigenvalue weighted by molar-refractivity contribution is 5.93. The van der Waals surface area contributed by atoms with Crippen LogP contribution in [0.5, 0.6) is 11.5 Å². The van der Waals surface area contributed by atoms with Crippen molar-refractivity contribution < 1.29 is 37.0 Å². The Bertz CT molecular complexity index is 1630. The van der Waals surface area contributed by atoms with Gasteiger partial charge >= 0.3 is 24.3 Å². The Hall–Kier alpha value is -4.88. The van der Waals surface area contributed by atoms with Crippen LogP contribution in [0.4, 0.5) is 24.8 Å². The molecule has 4 rings (SSSR count). The zero-order valence-electron chi connectivity index (χ0n) is 23.7. The molecule has 0 saturated heterocycles. The molecule has 1 unspecified atom stereocenters. The summed E-state index contributed by atoms with van der Waals surface area (Å²) in [6.07, 6.45) is -5.79. The number of nitrogens with zero attached hydrogens (tertiary/aromatic N) is 4. The summed E-state index contributed by atoms with van der Waals surface area (Å²) in [5, 5.41) is 10.6. The number of hydrogen-bond donors (Lipinski definition) is 2.